The van der Waals surface area contributed by atoms with Gasteiger partial charge in [-0.3, -0.25) is 19.3 Å². The first-order valence-corrected chi connectivity index (χ1v) is 10.2. The summed E-state index contributed by atoms with van der Waals surface area (Å²) in [5.74, 6) is -1.60. The third-order valence-electron chi connectivity index (χ3n) is 4.77. The molecule has 0 bridgehead atoms. The molecule has 0 aliphatic carbocycles. The van der Waals surface area contributed by atoms with Gasteiger partial charge in [0.05, 0.1) is 22.6 Å². The molecule has 1 aliphatic rings. The summed E-state index contributed by atoms with van der Waals surface area (Å²) in [4.78, 5) is 38.4. The highest BCUT2D eigenvalue weighted by Crippen LogP contribution is 2.23. The van der Waals surface area contributed by atoms with Gasteiger partial charge in [0.2, 0.25) is 0 Å². The molecule has 0 saturated carbocycles. The largest absolute Gasteiger partial charge is 0.292 e. The maximum atomic E-state index is 12.7. The SMILES string of the molecule is Cc1ccc(S(=O)(=O)n2ccc(C(=O)CN3C(=O)c4ccccc4C3=O)c2)cc1. The molecule has 8 heteroatoms. The lowest BCUT2D eigenvalue weighted by molar-refractivity contribution is 0.0624. The molecule has 0 fully saturated rings. The van der Waals surface area contributed by atoms with Crippen LogP contribution >= 0.6 is 0 Å². The summed E-state index contributed by atoms with van der Waals surface area (Å²) >= 11 is 0. The molecule has 1 aromatic heterocycles. The number of aryl methyl sites for hydroxylation is 1. The fourth-order valence-corrected chi connectivity index (χ4v) is 4.34. The summed E-state index contributed by atoms with van der Waals surface area (Å²) in [5, 5.41) is 0. The minimum atomic E-state index is -3.84. The van der Waals surface area contributed by atoms with Crippen molar-refractivity contribution < 1.29 is 22.8 Å². The Morgan fingerprint density at radius 1 is 0.897 bits per heavy atom. The second-order valence-corrected chi connectivity index (χ2v) is 8.56. The van der Waals surface area contributed by atoms with Crippen LogP contribution in [0.3, 0.4) is 0 Å². The quantitative estimate of drug-likeness (QED) is 0.478. The van der Waals surface area contributed by atoms with Crippen molar-refractivity contribution in [1.29, 1.82) is 0 Å². The summed E-state index contributed by atoms with van der Waals surface area (Å²) in [7, 11) is -3.84. The third kappa shape index (κ3) is 3.17. The molecule has 4 rings (SSSR count). The number of carbonyl (C=O) groups excluding carboxylic acids is 3. The molecule has 1 aliphatic heterocycles. The number of hydrogen-bond acceptors (Lipinski definition) is 5. The average Bonchev–Trinajstić information content (AvgIpc) is 3.30. The zero-order valence-electron chi connectivity index (χ0n) is 15.4. The van der Waals surface area contributed by atoms with Gasteiger partial charge in [0.1, 0.15) is 0 Å². The lowest BCUT2D eigenvalue weighted by Crippen LogP contribution is -2.34. The summed E-state index contributed by atoms with van der Waals surface area (Å²) in [6.45, 7) is 1.39. The fraction of sp³-hybridized carbons (Fsp3) is 0.0952. The number of nitrogens with zero attached hydrogens (tertiary/aromatic N) is 2. The second kappa shape index (κ2) is 6.82. The van der Waals surface area contributed by atoms with Crippen molar-refractivity contribution in [1.82, 2.24) is 8.87 Å². The van der Waals surface area contributed by atoms with Gasteiger partial charge in [-0.1, -0.05) is 29.8 Å². The highest BCUT2D eigenvalue weighted by molar-refractivity contribution is 7.90. The summed E-state index contributed by atoms with van der Waals surface area (Å²) in [6.07, 6.45) is 2.46. The van der Waals surface area contributed by atoms with Crippen LogP contribution in [0.5, 0.6) is 0 Å². The van der Waals surface area contributed by atoms with E-state index >= 15 is 0 Å². The van der Waals surface area contributed by atoms with Crippen molar-refractivity contribution >= 4 is 27.6 Å². The molecule has 0 saturated heterocycles. The van der Waals surface area contributed by atoms with E-state index < -0.39 is 34.2 Å². The van der Waals surface area contributed by atoms with E-state index in [0.29, 0.717) is 0 Å². The summed E-state index contributed by atoms with van der Waals surface area (Å²) in [5.41, 5.74) is 1.53. The smallest absolute Gasteiger partial charge is 0.267 e. The molecule has 2 aromatic carbocycles. The molecule has 29 heavy (non-hydrogen) atoms. The molecule has 0 N–H and O–H groups in total. The molecular weight excluding hydrogens is 392 g/mol. The molecule has 2 amide bonds. The molecule has 0 atom stereocenters. The van der Waals surface area contributed by atoms with Gasteiger partial charge in [-0.15, -0.1) is 0 Å². The van der Waals surface area contributed by atoms with Crippen molar-refractivity contribution in [3.63, 3.8) is 0 Å². The van der Waals surface area contributed by atoms with E-state index in [9.17, 15) is 22.8 Å². The zero-order chi connectivity index (χ0) is 20.8. The molecule has 3 aromatic rings. The maximum absolute atomic E-state index is 12.7. The predicted octanol–water partition coefficient (Wildman–Crippen LogP) is 2.51. The van der Waals surface area contributed by atoms with Crippen molar-refractivity contribution in [3.8, 4) is 0 Å². The molecule has 2 heterocycles. The standard InChI is InChI=1S/C21H16N2O5S/c1-14-6-8-16(9-7-14)29(27,28)22-11-10-15(12-22)19(24)13-23-20(25)17-4-2-3-5-18(17)21(23)26/h2-12H,13H2,1H3. The van der Waals surface area contributed by atoms with Crippen LogP contribution in [0.25, 0.3) is 0 Å². The van der Waals surface area contributed by atoms with E-state index in [-0.39, 0.29) is 21.6 Å². The van der Waals surface area contributed by atoms with Crippen molar-refractivity contribution in [2.75, 3.05) is 6.54 Å². The van der Waals surface area contributed by atoms with Gasteiger partial charge in [0, 0.05) is 18.0 Å². The minimum Gasteiger partial charge on any atom is -0.292 e. The number of rotatable bonds is 5. The van der Waals surface area contributed by atoms with Gasteiger partial charge in [-0.05, 0) is 37.3 Å². The van der Waals surface area contributed by atoms with Gasteiger partial charge in [-0.25, -0.2) is 12.4 Å². The van der Waals surface area contributed by atoms with Gasteiger partial charge in [0.25, 0.3) is 21.8 Å². The average molecular weight is 408 g/mol. The van der Waals surface area contributed by atoms with E-state index in [4.69, 9.17) is 0 Å². The lowest BCUT2D eigenvalue weighted by Gasteiger charge is -2.12. The molecule has 0 unspecified atom stereocenters. The van der Waals surface area contributed by atoms with Gasteiger partial charge in [0.15, 0.2) is 5.78 Å². The van der Waals surface area contributed by atoms with E-state index in [1.807, 2.05) is 6.92 Å². The molecule has 7 nitrogen and oxygen atoms in total. The Bertz CT molecular complexity index is 1220. The minimum absolute atomic E-state index is 0.0947. The number of ketones is 1. The first-order chi connectivity index (χ1) is 13.8. The van der Waals surface area contributed by atoms with E-state index in [1.165, 1.54) is 42.7 Å². The number of Topliss-reactive ketones (excluding diaryl/α,β-unsaturated/α-hetero) is 1. The summed E-state index contributed by atoms with van der Waals surface area (Å²) < 4.78 is 26.4. The van der Waals surface area contributed by atoms with Crippen molar-refractivity contribution in [3.05, 3.63) is 89.2 Å². The normalized spacial score (nSPS) is 13.6. The number of carbonyl (C=O) groups is 3. The van der Waals surface area contributed by atoms with Crippen LogP contribution in [0.15, 0.2) is 71.9 Å². The molecule has 0 radical (unpaired) electrons. The van der Waals surface area contributed by atoms with Crippen molar-refractivity contribution in [2.45, 2.75) is 11.8 Å². The van der Waals surface area contributed by atoms with Crippen LogP contribution in [0.2, 0.25) is 0 Å². The Labute approximate surface area is 167 Å². The van der Waals surface area contributed by atoms with E-state index in [1.54, 1.807) is 24.3 Å². The number of hydrogen-bond donors (Lipinski definition) is 0. The predicted molar refractivity (Wildman–Crippen MR) is 104 cm³/mol. The Morgan fingerprint density at radius 3 is 2.07 bits per heavy atom. The number of aromatic nitrogens is 1. The van der Waals surface area contributed by atoms with Crippen LogP contribution in [-0.4, -0.2) is 41.4 Å². The van der Waals surface area contributed by atoms with Gasteiger partial charge < -0.3 is 0 Å². The first kappa shape index (κ1) is 18.8. The van der Waals surface area contributed by atoms with E-state index in [0.717, 1.165) is 14.4 Å². The summed E-state index contributed by atoms with van der Waals surface area (Å²) in [6, 6.07) is 14.1. The number of amides is 2. The molecule has 146 valence electrons. The van der Waals surface area contributed by atoms with E-state index in [2.05, 4.69) is 0 Å². The van der Waals surface area contributed by atoms with Gasteiger partial charge in [-0.2, -0.15) is 0 Å². The Kier molecular flexibility index (Phi) is 4.43. The number of imide groups is 1. The second-order valence-electron chi connectivity index (χ2n) is 6.71. The monoisotopic (exact) mass is 408 g/mol. The molecular formula is C21H16N2O5S. The lowest BCUT2D eigenvalue weighted by atomic mass is 10.1. The Balaban J connectivity index is 1.56. The maximum Gasteiger partial charge on any atom is 0.267 e. The topological polar surface area (TPSA) is 93.5 Å². The third-order valence-corrected chi connectivity index (χ3v) is 6.42. The first-order valence-electron chi connectivity index (χ1n) is 8.78. The van der Waals surface area contributed by atoms with Crippen LogP contribution in [0.4, 0.5) is 0 Å². The van der Waals surface area contributed by atoms with Gasteiger partial charge >= 0.3 is 0 Å². The number of fused-ring (bicyclic) bond motifs is 1. The van der Waals surface area contributed by atoms with Crippen molar-refractivity contribution in [2.24, 2.45) is 0 Å². The Morgan fingerprint density at radius 2 is 1.48 bits per heavy atom. The van der Waals surface area contributed by atoms with Crippen LogP contribution < -0.4 is 0 Å². The zero-order valence-corrected chi connectivity index (χ0v) is 16.2. The fourth-order valence-electron chi connectivity index (χ4n) is 3.14. The molecule has 0 spiro atoms. The highest BCUT2D eigenvalue weighted by Gasteiger charge is 2.36. The van der Waals surface area contributed by atoms with Crippen LogP contribution in [0.1, 0.15) is 36.6 Å². The Hall–Kier alpha value is -3.52. The van der Waals surface area contributed by atoms with Crippen LogP contribution in [0, 0.1) is 6.92 Å². The highest BCUT2D eigenvalue weighted by atomic mass is 32.2. The van der Waals surface area contributed by atoms with Crippen LogP contribution in [-0.2, 0) is 10.0 Å². The number of benzene rings is 2.